The molecule has 36 heavy (non-hydrogen) atoms. The van der Waals surface area contributed by atoms with Crippen molar-refractivity contribution in [2.75, 3.05) is 32.7 Å². The first-order valence-corrected chi connectivity index (χ1v) is 12.9. The van der Waals surface area contributed by atoms with Crippen LogP contribution >= 0.6 is 0 Å². The van der Waals surface area contributed by atoms with Gasteiger partial charge in [-0.3, -0.25) is 9.69 Å². The minimum atomic E-state index is 0.0196. The van der Waals surface area contributed by atoms with Crippen molar-refractivity contribution in [1.29, 1.82) is 0 Å². The molecule has 0 atom stereocenters. The zero-order valence-corrected chi connectivity index (χ0v) is 20.8. The van der Waals surface area contributed by atoms with Gasteiger partial charge in [-0.25, -0.2) is 4.68 Å². The van der Waals surface area contributed by atoms with E-state index in [0.717, 1.165) is 68.1 Å². The summed E-state index contributed by atoms with van der Waals surface area (Å²) in [6, 6.07) is 33.0. The second-order valence-electron chi connectivity index (χ2n) is 9.57. The van der Waals surface area contributed by atoms with E-state index >= 15 is 0 Å². The summed E-state index contributed by atoms with van der Waals surface area (Å²) in [5.74, 6) is 0. The van der Waals surface area contributed by atoms with Gasteiger partial charge in [0.05, 0.1) is 5.69 Å². The summed E-state index contributed by atoms with van der Waals surface area (Å²) in [6.45, 7) is 6.93. The largest absolute Gasteiger partial charge is 0.301 e. The first-order chi connectivity index (χ1) is 17.7. The molecule has 0 amide bonds. The summed E-state index contributed by atoms with van der Waals surface area (Å²) in [4.78, 5) is 18.4. The highest BCUT2D eigenvalue weighted by Crippen LogP contribution is 2.18. The number of aryl methyl sites for hydroxylation is 1. The molecule has 1 fully saturated rings. The third-order valence-corrected chi connectivity index (χ3v) is 6.91. The molecule has 2 heterocycles. The fourth-order valence-corrected chi connectivity index (χ4v) is 4.90. The van der Waals surface area contributed by atoms with E-state index in [1.165, 1.54) is 5.56 Å². The molecule has 1 aliphatic heterocycles. The van der Waals surface area contributed by atoms with Gasteiger partial charge < -0.3 is 4.90 Å². The lowest BCUT2D eigenvalue weighted by atomic mass is 10.0. The number of hydrogen-bond acceptors (Lipinski definition) is 4. The SMILES string of the molecule is O=c1c(Cc2ccccc2)cc(-c2ccccc2)nn1CCCN1CCN(Cc2ccccc2)CC1. The van der Waals surface area contributed by atoms with Gasteiger partial charge in [0.15, 0.2) is 0 Å². The third-order valence-electron chi connectivity index (χ3n) is 6.91. The van der Waals surface area contributed by atoms with Crippen molar-refractivity contribution in [3.05, 3.63) is 124 Å². The number of rotatable bonds is 9. The Morgan fingerprint density at radius 2 is 1.25 bits per heavy atom. The van der Waals surface area contributed by atoms with E-state index in [1.807, 2.05) is 42.5 Å². The van der Waals surface area contributed by atoms with Gasteiger partial charge in [-0.05, 0) is 23.6 Å². The predicted octanol–water partition coefficient (Wildman–Crippen LogP) is 4.71. The molecule has 5 rings (SSSR count). The Bertz CT molecular complexity index is 1280. The number of piperazine rings is 1. The summed E-state index contributed by atoms with van der Waals surface area (Å²) in [5, 5.41) is 4.76. The Hall–Kier alpha value is -3.54. The van der Waals surface area contributed by atoms with Crippen molar-refractivity contribution in [2.45, 2.75) is 25.9 Å². The molecule has 0 saturated carbocycles. The second-order valence-corrected chi connectivity index (χ2v) is 9.57. The number of benzene rings is 3. The first kappa shape index (κ1) is 24.2. The molecular formula is C31H34N4O. The van der Waals surface area contributed by atoms with E-state index < -0.39 is 0 Å². The summed E-state index contributed by atoms with van der Waals surface area (Å²) >= 11 is 0. The van der Waals surface area contributed by atoms with Crippen LogP contribution in [0.1, 0.15) is 23.1 Å². The maximum Gasteiger partial charge on any atom is 0.270 e. The minimum Gasteiger partial charge on any atom is -0.301 e. The molecule has 1 aliphatic rings. The van der Waals surface area contributed by atoms with Gasteiger partial charge in [-0.1, -0.05) is 91.0 Å². The molecule has 0 unspecified atom stereocenters. The molecule has 5 heteroatoms. The summed E-state index contributed by atoms with van der Waals surface area (Å²) in [6.07, 6.45) is 1.53. The number of aromatic nitrogens is 2. The highest BCUT2D eigenvalue weighted by Gasteiger charge is 2.17. The molecule has 0 N–H and O–H groups in total. The lowest BCUT2D eigenvalue weighted by molar-refractivity contribution is 0.124. The van der Waals surface area contributed by atoms with Crippen molar-refractivity contribution < 1.29 is 0 Å². The smallest absolute Gasteiger partial charge is 0.270 e. The first-order valence-electron chi connectivity index (χ1n) is 12.9. The van der Waals surface area contributed by atoms with Crippen molar-refractivity contribution in [2.24, 2.45) is 0 Å². The average molecular weight is 479 g/mol. The van der Waals surface area contributed by atoms with E-state index in [1.54, 1.807) is 4.68 Å². The monoisotopic (exact) mass is 478 g/mol. The van der Waals surface area contributed by atoms with Gasteiger partial charge in [-0.2, -0.15) is 5.10 Å². The molecule has 0 aliphatic carbocycles. The summed E-state index contributed by atoms with van der Waals surface area (Å²) in [7, 11) is 0. The van der Waals surface area contributed by atoms with Crippen molar-refractivity contribution >= 4 is 0 Å². The normalized spacial score (nSPS) is 14.7. The van der Waals surface area contributed by atoms with Gasteiger partial charge >= 0.3 is 0 Å². The van der Waals surface area contributed by atoms with Gasteiger partial charge in [0, 0.05) is 63.4 Å². The molecule has 1 aromatic heterocycles. The second kappa shape index (κ2) is 11.9. The number of hydrogen-bond donors (Lipinski definition) is 0. The quantitative estimate of drug-likeness (QED) is 0.349. The maximum absolute atomic E-state index is 13.3. The Balaban J connectivity index is 1.22. The van der Waals surface area contributed by atoms with Crippen LogP contribution in [0.2, 0.25) is 0 Å². The molecular weight excluding hydrogens is 444 g/mol. The maximum atomic E-state index is 13.3. The van der Waals surface area contributed by atoms with Crippen LogP contribution in [0.15, 0.2) is 102 Å². The standard InChI is InChI=1S/C31H34N4O/c36-31-29(23-26-11-4-1-5-12-26)24-30(28-15-8-3-9-16-28)32-35(31)18-10-17-33-19-21-34(22-20-33)25-27-13-6-2-7-14-27/h1-9,11-16,24H,10,17-23,25H2. The number of nitrogens with zero attached hydrogens (tertiary/aromatic N) is 4. The minimum absolute atomic E-state index is 0.0196. The van der Waals surface area contributed by atoms with E-state index in [0.29, 0.717) is 13.0 Å². The lowest BCUT2D eigenvalue weighted by Crippen LogP contribution is -2.46. The summed E-state index contributed by atoms with van der Waals surface area (Å²) < 4.78 is 1.69. The van der Waals surface area contributed by atoms with Gasteiger partial charge in [-0.15, -0.1) is 0 Å². The molecule has 0 radical (unpaired) electrons. The Morgan fingerprint density at radius 1 is 0.667 bits per heavy atom. The lowest BCUT2D eigenvalue weighted by Gasteiger charge is -2.34. The van der Waals surface area contributed by atoms with Crippen LogP contribution in [-0.4, -0.2) is 52.3 Å². The molecule has 1 saturated heterocycles. The average Bonchev–Trinajstić information content (AvgIpc) is 2.93. The van der Waals surface area contributed by atoms with Gasteiger partial charge in [0.2, 0.25) is 0 Å². The zero-order chi connectivity index (χ0) is 24.6. The summed E-state index contributed by atoms with van der Waals surface area (Å²) in [5.41, 5.74) is 5.22. The topological polar surface area (TPSA) is 41.4 Å². The molecule has 0 bridgehead atoms. The van der Waals surface area contributed by atoms with Crippen LogP contribution in [0.5, 0.6) is 0 Å². The fraction of sp³-hybridized carbons (Fsp3) is 0.290. The van der Waals surface area contributed by atoms with Crippen LogP contribution in [-0.2, 0) is 19.5 Å². The molecule has 5 nitrogen and oxygen atoms in total. The van der Waals surface area contributed by atoms with Crippen LogP contribution in [0, 0.1) is 0 Å². The van der Waals surface area contributed by atoms with Crippen LogP contribution in [0.3, 0.4) is 0 Å². The molecule has 184 valence electrons. The highest BCUT2D eigenvalue weighted by molar-refractivity contribution is 5.59. The van der Waals surface area contributed by atoms with Gasteiger partial charge in [0.25, 0.3) is 5.56 Å². The molecule has 4 aromatic rings. The van der Waals surface area contributed by atoms with E-state index in [2.05, 4.69) is 64.4 Å². The predicted molar refractivity (Wildman–Crippen MR) is 146 cm³/mol. The Labute approximate surface area is 213 Å². The third kappa shape index (κ3) is 6.36. The van der Waals surface area contributed by atoms with Crippen molar-refractivity contribution in [1.82, 2.24) is 19.6 Å². The van der Waals surface area contributed by atoms with Crippen molar-refractivity contribution in [3.63, 3.8) is 0 Å². The fourth-order valence-electron chi connectivity index (χ4n) is 4.90. The van der Waals surface area contributed by atoms with E-state index in [4.69, 9.17) is 5.10 Å². The highest BCUT2D eigenvalue weighted by atomic mass is 16.1. The van der Waals surface area contributed by atoms with Gasteiger partial charge in [0.1, 0.15) is 0 Å². The molecule has 3 aromatic carbocycles. The Kier molecular flexibility index (Phi) is 8.01. The van der Waals surface area contributed by atoms with Crippen LogP contribution in [0.4, 0.5) is 0 Å². The Morgan fingerprint density at radius 3 is 1.92 bits per heavy atom. The molecule has 0 spiro atoms. The van der Waals surface area contributed by atoms with E-state index in [-0.39, 0.29) is 5.56 Å². The van der Waals surface area contributed by atoms with E-state index in [9.17, 15) is 4.79 Å². The van der Waals surface area contributed by atoms with Crippen LogP contribution < -0.4 is 5.56 Å². The van der Waals surface area contributed by atoms with Crippen LogP contribution in [0.25, 0.3) is 11.3 Å². The van der Waals surface area contributed by atoms with Crippen molar-refractivity contribution in [3.8, 4) is 11.3 Å². The zero-order valence-electron chi connectivity index (χ0n) is 20.8.